The normalized spacial score (nSPS) is 18.1. The second kappa shape index (κ2) is 7.37. The fourth-order valence-electron chi connectivity index (χ4n) is 3.11. The lowest BCUT2D eigenvalue weighted by Gasteiger charge is -2.32. The Morgan fingerprint density at radius 3 is 3.04 bits per heavy atom. The number of aromatic nitrogens is 3. The molecule has 1 N–H and O–H groups in total. The number of hydrogen-bond donors (Lipinski definition) is 1. The van der Waals surface area contributed by atoms with Crippen molar-refractivity contribution >= 4 is 5.91 Å². The van der Waals surface area contributed by atoms with Gasteiger partial charge in [-0.3, -0.25) is 14.9 Å². The predicted octanol–water partition coefficient (Wildman–Crippen LogP) is 1.90. The van der Waals surface area contributed by atoms with Gasteiger partial charge in [0.25, 0.3) is 0 Å². The standard InChI is InChI=1S/C17H22N4O2/c1-23-12-17(22)21-8-2-3-14(11-21)9-13-4-5-15(18-10-13)16-6-7-19-20-16/h4-7,10,14H,2-3,8-9,11-12H2,1H3,(H,19,20). The van der Waals surface area contributed by atoms with Gasteiger partial charge in [0, 0.05) is 32.6 Å². The van der Waals surface area contributed by atoms with Crippen molar-refractivity contribution in [1.29, 1.82) is 0 Å². The second-order valence-electron chi connectivity index (χ2n) is 6.01. The van der Waals surface area contributed by atoms with Crippen LogP contribution in [0.2, 0.25) is 0 Å². The topological polar surface area (TPSA) is 71.1 Å². The van der Waals surface area contributed by atoms with Crippen LogP contribution in [0.3, 0.4) is 0 Å². The molecule has 1 amide bonds. The van der Waals surface area contributed by atoms with E-state index in [1.54, 1.807) is 13.3 Å². The molecule has 3 rings (SSSR count). The van der Waals surface area contributed by atoms with Crippen molar-refractivity contribution in [1.82, 2.24) is 20.1 Å². The molecule has 2 aromatic heterocycles. The van der Waals surface area contributed by atoms with E-state index in [0.717, 1.165) is 43.7 Å². The van der Waals surface area contributed by atoms with Crippen molar-refractivity contribution in [2.24, 2.45) is 5.92 Å². The van der Waals surface area contributed by atoms with Gasteiger partial charge in [-0.1, -0.05) is 6.07 Å². The number of methoxy groups -OCH3 is 1. The number of rotatable bonds is 5. The summed E-state index contributed by atoms with van der Waals surface area (Å²) in [5, 5.41) is 6.86. The first kappa shape index (κ1) is 15.7. The number of carbonyl (C=O) groups excluding carboxylic acids is 1. The van der Waals surface area contributed by atoms with Crippen molar-refractivity contribution in [3.05, 3.63) is 36.2 Å². The van der Waals surface area contributed by atoms with Crippen LogP contribution in [0.15, 0.2) is 30.6 Å². The number of H-pyrrole nitrogens is 1. The van der Waals surface area contributed by atoms with Gasteiger partial charge in [-0.15, -0.1) is 0 Å². The minimum absolute atomic E-state index is 0.0879. The maximum atomic E-state index is 12.0. The molecule has 0 aliphatic carbocycles. The van der Waals surface area contributed by atoms with Crippen LogP contribution < -0.4 is 0 Å². The van der Waals surface area contributed by atoms with Crippen molar-refractivity contribution < 1.29 is 9.53 Å². The fraction of sp³-hybridized carbons (Fsp3) is 0.471. The minimum atomic E-state index is 0.0879. The highest BCUT2D eigenvalue weighted by Crippen LogP contribution is 2.22. The van der Waals surface area contributed by atoms with E-state index in [1.807, 2.05) is 23.2 Å². The lowest BCUT2D eigenvalue weighted by molar-refractivity contribution is -0.136. The van der Waals surface area contributed by atoms with E-state index in [2.05, 4.69) is 21.2 Å². The number of nitrogens with one attached hydrogen (secondary N) is 1. The van der Waals surface area contributed by atoms with Gasteiger partial charge < -0.3 is 9.64 Å². The molecular formula is C17H22N4O2. The number of carbonyl (C=O) groups is 1. The van der Waals surface area contributed by atoms with Crippen LogP contribution in [0.4, 0.5) is 0 Å². The monoisotopic (exact) mass is 314 g/mol. The highest BCUT2D eigenvalue weighted by atomic mass is 16.5. The molecule has 1 fully saturated rings. The van der Waals surface area contributed by atoms with E-state index in [-0.39, 0.29) is 12.5 Å². The molecule has 0 bridgehead atoms. The van der Waals surface area contributed by atoms with Crippen molar-refractivity contribution in [3.63, 3.8) is 0 Å². The summed E-state index contributed by atoms with van der Waals surface area (Å²) in [4.78, 5) is 18.4. The van der Waals surface area contributed by atoms with Crippen molar-refractivity contribution in [2.75, 3.05) is 26.8 Å². The quantitative estimate of drug-likeness (QED) is 0.915. The average Bonchev–Trinajstić information content (AvgIpc) is 3.11. The largest absolute Gasteiger partial charge is 0.375 e. The summed E-state index contributed by atoms with van der Waals surface area (Å²) in [6.45, 7) is 1.83. The van der Waals surface area contributed by atoms with Gasteiger partial charge in [-0.25, -0.2) is 0 Å². The van der Waals surface area contributed by atoms with Crippen LogP contribution in [-0.2, 0) is 16.0 Å². The highest BCUT2D eigenvalue weighted by Gasteiger charge is 2.23. The zero-order valence-electron chi connectivity index (χ0n) is 13.4. The number of pyridine rings is 1. The maximum Gasteiger partial charge on any atom is 0.248 e. The summed E-state index contributed by atoms with van der Waals surface area (Å²) < 4.78 is 4.95. The Bertz CT molecular complexity index is 625. The zero-order valence-corrected chi connectivity index (χ0v) is 13.4. The van der Waals surface area contributed by atoms with Crippen LogP contribution in [0.25, 0.3) is 11.4 Å². The SMILES string of the molecule is COCC(=O)N1CCCC(Cc2ccc(-c3ccn[nH]3)nc2)C1. The number of likely N-dealkylation sites (tertiary alicyclic amines) is 1. The first-order valence-electron chi connectivity index (χ1n) is 7.97. The average molecular weight is 314 g/mol. The van der Waals surface area contributed by atoms with E-state index in [9.17, 15) is 4.79 Å². The molecule has 3 heterocycles. The Labute approximate surface area is 135 Å². The van der Waals surface area contributed by atoms with E-state index in [4.69, 9.17) is 4.74 Å². The van der Waals surface area contributed by atoms with Gasteiger partial charge in [-0.2, -0.15) is 5.10 Å². The summed E-state index contributed by atoms with van der Waals surface area (Å²) in [6.07, 6.45) is 6.80. The molecule has 0 spiro atoms. The van der Waals surface area contributed by atoms with Crippen molar-refractivity contribution in [3.8, 4) is 11.4 Å². The first-order chi connectivity index (χ1) is 11.3. The number of ether oxygens (including phenoxy) is 1. The van der Waals surface area contributed by atoms with Crippen LogP contribution >= 0.6 is 0 Å². The lowest BCUT2D eigenvalue weighted by Crippen LogP contribution is -2.42. The summed E-state index contributed by atoms with van der Waals surface area (Å²) in [6, 6.07) is 6.03. The second-order valence-corrected chi connectivity index (χ2v) is 6.01. The Kier molecular flexibility index (Phi) is 5.02. The number of aromatic amines is 1. The third-order valence-electron chi connectivity index (χ3n) is 4.27. The molecule has 6 nitrogen and oxygen atoms in total. The lowest BCUT2D eigenvalue weighted by atomic mass is 9.91. The van der Waals surface area contributed by atoms with Crippen LogP contribution in [-0.4, -0.2) is 52.8 Å². The molecule has 122 valence electrons. The van der Waals surface area contributed by atoms with Gasteiger partial charge in [0.15, 0.2) is 0 Å². The molecule has 1 atom stereocenters. The summed E-state index contributed by atoms with van der Waals surface area (Å²) in [5.41, 5.74) is 3.02. The van der Waals surface area contributed by atoms with E-state index < -0.39 is 0 Å². The fourth-order valence-corrected chi connectivity index (χ4v) is 3.11. The number of hydrogen-bond acceptors (Lipinski definition) is 4. The van der Waals surface area contributed by atoms with Crippen LogP contribution in [0.5, 0.6) is 0 Å². The molecule has 23 heavy (non-hydrogen) atoms. The molecule has 1 aliphatic rings. The summed E-state index contributed by atoms with van der Waals surface area (Å²) in [5.74, 6) is 0.578. The minimum Gasteiger partial charge on any atom is -0.375 e. The van der Waals surface area contributed by atoms with Crippen molar-refractivity contribution in [2.45, 2.75) is 19.3 Å². The van der Waals surface area contributed by atoms with E-state index in [1.165, 1.54) is 5.56 Å². The first-order valence-corrected chi connectivity index (χ1v) is 7.97. The van der Waals surface area contributed by atoms with Gasteiger partial charge >= 0.3 is 0 Å². The molecule has 2 aromatic rings. The Morgan fingerprint density at radius 2 is 2.35 bits per heavy atom. The van der Waals surface area contributed by atoms with E-state index in [0.29, 0.717) is 5.92 Å². The molecule has 0 saturated carbocycles. The third kappa shape index (κ3) is 3.96. The van der Waals surface area contributed by atoms with Gasteiger partial charge in [0.05, 0.1) is 11.4 Å². The Morgan fingerprint density at radius 1 is 1.43 bits per heavy atom. The molecule has 1 aliphatic heterocycles. The molecular weight excluding hydrogens is 292 g/mol. The van der Waals surface area contributed by atoms with Gasteiger partial charge in [-0.05, 0) is 42.9 Å². The number of nitrogens with zero attached hydrogens (tertiary/aromatic N) is 3. The van der Waals surface area contributed by atoms with Gasteiger partial charge in [0.2, 0.25) is 5.91 Å². The van der Waals surface area contributed by atoms with Gasteiger partial charge in [0.1, 0.15) is 6.61 Å². The van der Waals surface area contributed by atoms with Crippen LogP contribution in [0, 0.1) is 5.92 Å². The molecule has 1 saturated heterocycles. The Hall–Kier alpha value is -2.21. The molecule has 0 radical (unpaired) electrons. The molecule has 6 heteroatoms. The number of piperidine rings is 1. The predicted molar refractivity (Wildman–Crippen MR) is 86.7 cm³/mol. The third-order valence-corrected chi connectivity index (χ3v) is 4.27. The maximum absolute atomic E-state index is 12.0. The summed E-state index contributed by atoms with van der Waals surface area (Å²) in [7, 11) is 1.56. The number of amides is 1. The van der Waals surface area contributed by atoms with E-state index >= 15 is 0 Å². The highest BCUT2D eigenvalue weighted by molar-refractivity contribution is 5.77. The van der Waals surface area contributed by atoms with Crippen LogP contribution in [0.1, 0.15) is 18.4 Å². The molecule has 1 unspecified atom stereocenters. The smallest absolute Gasteiger partial charge is 0.248 e. The summed E-state index contributed by atoms with van der Waals surface area (Å²) >= 11 is 0. The Balaban J connectivity index is 1.59. The molecule has 0 aromatic carbocycles. The zero-order chi connectivity index (χ0) is 16.1.